The van der Waals surface area contributed by atoms with Gasteiger partial charge in [-0.05, 0) is 46.0 Å². The minimum atomic E-state index is -0.621. The summed E-state index contributed by atoms with van der Waals surface area (Å²) in [6.45, 7) is 6.07. The molecule has 2 rings (SSSR count). The van der Waals surface area contributed by atoms with Crippen molar-refractivity contribution < 1.29 is 32.9 Å². The second-order valence-corrected chi connectivity index (χ2v) is 7.55. The SMILES string of the molecule is CCCCOC(=O)C1CCC(Oc2cc(C(=O)OC)c(OC(C)C)cc2F)CC1. The molecule has 0 aromatic heterocycles. The van der Waals surface area contributed by atoms with Gasteiger partial charge in [0.25, 0.3) is 0 Å². The second kappa shape index (κ2) is 11.0. The van der Waals surface area contributed by atoms with Crippen LogP contribution in [0.1, 0.15) is 69.7 Å². The molecule has 0 saturated heterocycles. The monoisotopic (exact) mass is 410 g/mol. The number of benzene rings is 1. The van der Waals surface area contributed by atoms with E-state index in [2.05, 4.69) is 0 Å². The predicted octanol–water partition coefficient (Wildman–Crippen LogP) is 4.68. The highest BCUT2D eigenvalue weighted by molar-refractivity contribution is 5.93. The molecule has 0 amide bonds. The molecule has 0 atom stereocenters. The zero-order valence-corrected chi connectivity index (χ0v) is 17.7. The van der Waals surface area contributed by atoms with Crippen LogP contribution in [0.5, 0.6) is 11.5 Å². The van der Waals surface area contributed by atoms with E-state index >= 15 is 0 Å². The maximum Gasteiger partial charge on any atom is 0.341 e. The van der Waals surface area contributed by atoms with Gasteiger partial charge in [0, 0.05) is 12.1 Å². The minimum Gasteiger partial charge on any atom is -0.490 e. The van der Waals surface area contributed by atoms with Gasteiger partial charge in [0.05, 0.1) is 31.8 Å². The van der Waals surface area contributed by atoms with Crippen molar-refractivity contribution in [3.05, 3.63) is 23.5 Å². The van der Waals surface area contributed by atoms with Gasteiger partial charge in [-0.25, -0.2) is 9.18 Å². The Kier molecular flexibility index (Phi) is 8.73. The summed E-state index contributed by atoms with van der Waals surface area (Å²) in [5.74, 6) is -1.42. The number of ether oxygens (including phenoxy) is 4. The molecule has 29 heavy (non-hydrogen) atoms. The average Bonchev–Trinajstić information content (AvgIpc) is 2.69. The van der Waals surface area contributed by atoms with Gasteiger partial charge >= 0.3 is 11.9 Å². The van der Waals surface area contributed by atoms with E-state index in [4.69, 9.17) is 18.9 Å². The van der Waals surface area contributed by atoms with E-state index in [0.717, 1.165) is 18.9 Å². The Morgan fingerprint density at radius 2 is 1.83 bits per heavy atom. The van der Waals surface area contributed by atoms with E-state index in [0.29, 0.717) is 32.3 Å². The molecule has 0 N–H and O–H groups in total. The first kappa shape index (κ1) is 23.0. The smallest absolute Gasteiger partial charge is 0.341 e. The normalized spacial score (nSPS) is 19.0. The number of esters is 2. The Morgan fingerprint density at radius 3 is 2.41 bits per heavy atom. The molecule has 0 heterocycles. The molecule has 1 aromatic carbocycles. The van der Waals surface area contributed by atoms with Gasteiger partial charge in [0.15, 0.2) is 11.6 Å². The maximum atomic E-state index is 14.5. The molecule has 6 nitrogen and oxygen atoms in total. The lowest BCUT2D eigenvalue weighted by molar-refractivity contribution is -0.150. The lowest BCUT2D eigenvalue weighted by Gasteiger charge is -2.28. The molecule has 0 spiro atoms. The second-order valence-electron chi connectivity index (χ2n) is 7.55. The molecule has 1 fully saturated rings. The molecule has 0 unspecified atom stereocenters. The summed E-state index contributed by atoms with van der Waals surface area (Å²) >= 11 is 0. The first-order valence-corrected chi connectivity index (χ1v) is 10.3. The van der Waals surface area contributed by atoms with E-state index in [-0.39, 0.29) is 41.2 Å². The molecule has 7 heteroatoms. The number of halogens is 1. The van der Waals surface area contributed by atoms with Crippen LogP contribution in [0.2, 0.25) is 0 Å². The van der Waals surface area contributed by atoms with Crippen molar-refractivity contribution in [1.82, 2.24) is 0 Å². The van der Waals surface area contributed by atoms with E-state index in [1.807, 2.05) is 6.92 Å². The fraction of sp³-hybridized carbons (Fsp3) is 0.636. The van der Waals surface area contributed by atoms with Crippen LogP contribution in [0.4, 0.5) is 4.39 Å². The van der Waals surface area contributed by atoms with Crippen LogP contribution in [0.25, 0.3) is 0 Å². The van der Waals surface area contributed by atoms with Gasteiger partial charge in [-0.3, -0.25) is 4.79 Å². The summed E-state index contributed by atoms with van der Waals surface area (Å²) in [4.78, 5) is 24.1. The van der Waals surface area contributed by atoms with Gasteiger partial charge in [-0.2, -0.15) is 0 Å². The maximum absolute atomic E-state index is 14.5. The molecule has 0 radical (unpaired) electrons. The topological polar surface area (TPSA) is 71.1 Å². The fourth-order valence-corrected chi connectivity index (χ4v) is 3.28. The molecule has 162 valence electrons. The largest absolute Gasteiger partial charge is 0.490 e. The Morgan fingerprint density at radius 1 is 1.14 bits per heavy atom. The summed E-state index contributed by atoms with van der Waals surface area (Å²) in [6, 6.07) is 2.47. The third kappa shape index (κ3) is 6.61. The minimum absolute atomic E-state index is 0.0181. The van der Waals surface area contributed by atoms with Crippen molar-refractivity contribution in [3.63, 3.8) is 0 Å². The zero-order valence-electron chi connectivity index (χ0n) is 17.7. The Balaban J connectivity index is 2.01. The fourth-order valence-electron chi connectivity index (χ4n) is 3.28. The number of hydrogen-bond acceptors (Lipinski definition) is 6. The van der Waals surface area contributed by atoms with Crippen LogP contribution < -0.4 is 9.47 Å². The van der Waals surface area contributed by atoms with Crippen molar-refractivity contribution in [2.45, 2.75) is 71.5 Å². The van der Waals surface area contributed by atoms with E-state index < -0.39 is 11.8 Å². The molecule has 1 aromatic rings. The first-order chi connectivity index (χ1) is 13.8. The van der Waals surface area contributed by atoms with Crippen LogP contribution in [0.3, 0.4) is 0 Å². The number of methoxy groups -OCH3 is 1. The Bertz CT molecular complexity index is 695. The summed E-state index contributed by atoms with van der Waals surface area (Å²) in [7, 11) is 1.26. The van der Waals surface area contributed by atoms with Crippen molar-refractivity contribution in [2.24, 2.45) is 5.92 Å². The number of rotatable bonds is 9. The summed E-state index contributed by atoms with van der Waals surface area (Å²) in [5.41, 5.74) is 0.116. The Hall–Kier alpha value is -2.31. The van der Waals surface area contributed by atoms with Crippen LogP contribution in [-0.2, 0) is 14.3 Å². The van der Waals surface area contributed by atoms with Gasteiger partial charge in [0.2, 0.25) is 0 Å². The van der Waals surface area contributed by atoms with E-state index in [1.165, 1.54) is 13.2 Å². The quantitative estimate of drug-likeness (QED) is 0.435. The average molecular weight is 410 g/mol. The number of unbranched alkanes of at least 4 members (excludes halogenated alkanes) is 1. The van der Waals surface area contributed by atoms with Crippen LogP contribution >= 0.6 is 0 Å². The number of carbonyl (C=O) groups excluding carboxylic acids is 2. The molecule has 1 saturated carbocycles. The van der Waals surface area contributed by atoms with Gasteiger partial charge in [-0.15, -0.1) is 0 Å². The van der Waals surface area contributed by atoms with E-state index in [9.17, 15) is 14.0 Å². The van der Waals surface area contributed by atoms with Crippen molar-refractivity contribution in [1.29, 1.82) is 0 Å². The highest BCUT2D eigenvalue weighted by Gasteiger charge is 2.29. The highest BCUT2D eigenvalue weighted by Crippen LogP contribution is 2.33. The number of hydrogen-bond donors (Lipinski definition) is 0. The van der Waals surface area contributed by atoms with E-state index in [1.54, 1.807) is 13.8 Å². The van der Waals surface area contributed by atoms with Crippen LogP contribution in [0, 0.1) is 11.7 Å². The molecular formula is C22H31FO6. The van der Waals surface area contributed by atoms with Crippen molar-refractivity contribution >= 4 is 11.9 Å². The lowest BCUT2D eigenvalue weighted by atomic mass is 9.87. The first-order valence-electron chi connectivity index (χ1n) is 10.3. The van der Waals surface area contributed by atoms with Crippen LogP contribution in [-0.4, -0.2) is 37.9 Å². The standard InChI is InChI=1S/C22H31FO6/c1-5-6-11-27-21(24)15-7-9-16(10-8-15)29-20-12-17(22(25)26-4)19(13-18(20)23)28-14(2)3/h12-16H,5-11H2,1-4H3. The summed E-state index contributed by atoms with van der Waals surface area (Å²) in [5, 5.41) is 0. The third-order valence-corrected chi connectivity index (χ3v) is 4.85. The van der Waals surface area contributed by atoms with Gasteiger partial charge in [-0.1, -0.05) is 13.3 Å². The predicted molar refractivity (Wildman–Crippen MR) is 106 cm³/mol. The van der Waals surface area contributed by atoms with Gasteiger partial charge < -0.3 is 18.9 Å². The van der Waals surface area contributed by atoms with Crippen LogP contribution in [0.15, 0.2) is 12.1 Å². The zero-order chi connectivity index (χ0) is 21.4. The molecule has 1 aliphatic rings. The molecular weight excluding hydrogens is 379 g/mol. The Labute approximate surface area is 171 Å². The van der Waals surface area contributed by atoms with Gasteiger partial charge in [0.1, 0.15) is 11.3 Å². The third-order valence-electron chi connectivity index (χ3n) is 4.85. The highest BCUT2D eigenvalue weighted by atomic mass is 19.1. The van der Waals surface area contributed by atoms with Crippen molar-refractivity contribution in [3.8, 4) is 11.5 Å². The van der Waals surface area contributed by atoms with Crippen molar-refractivity contribution in [2.75, 3.05) is 13.7 Å². The summed E-state index contributed by atoms with van der Waals surface area (Å²) < 4.78 is 36.0. The molecule has 0 bridgehead atoms. The molecule has 1 aliphatic carbocycles. The number of carbonyl (C=O) groups is 2. The summed E-state index contributed by atoms with van der Waals surface area (Å²) in [6.07, 6.45) is 3.89. The lowest BCUT2D eigenvalue weighted by Crippen LogP contribution is -2.29. The molecule has 0 aliphatic heterocycles.